The Hall–Kier alpha value is -1.84. The Morgan fingerprint density at radius 3 is 2.55 bits per heavy atom. The van der Waals surface area contributed by atoms with E-state index < -0.39 is 5.97 Å². The molecule has 4 nitrogen and oxygen atoms in total. The van der Waals surface area contributed by atoms with Gasteiger partial charge < -0.3 is 10.4 Å². The van der Waals surface area contributed by atoms with Gasteiger partial charge in [-0.2, -0.15) is 0 Å². The van der Waals surface area contributed by atoms with Crippen molar-refractivity contribution < 1.29 is 14.7 Å². The van der Waals surface area contributed by atoms with Crippen LogP contribution >= 0.6 is 0 Å². The third kappa shape index (κ3) is 6.92. The van der Waals surface area contributed by atoms with E-state index in [-0.39, 0.29) is 12.3 Å². The van der Waals surface area contributed by atoms with E-state index in [2.05, 4.69) is 24.4 Å². The number of aliphatic carboxylic acids is 1. The van der Waals surface area contributed by atoms with Crippen LogP contribution in [-0.2, 0) is 16.0 Å². The molecule has 0 saturated carbocycles. The minimum Gasteiger partial charge on any atom is -0.481 e. The maximum atomic E-state index is 11.7. The Morgan fingerprint density at radius 1 is 1.10 bits per heavy atom. The Labute approximate surface area is 120 Å². The van der Waals surface area contributed by atoms with E-state index in [9.17, 15) is 9.59 Å². The monoisotopic (exact) mass is 277 g/mol. The van der Waals surface area contributed by atoms with Gasteiger partial charge in [-0.1, -0.05) is 30.7 Å². The van der Waals surface area contributed by atoms with Gasteiger partial charge in [0.15, 0.2) is 0 Å². The van der Waals surface area contributed by atoms with Crippen LogP contribution in [0.15, 0.2) is 24.3 Å². The highest BCUT2D eigenvalue weighted by molar-refractivity contribution is 5.76. The SMILES string of the molecule is Cc1ccccc1CCC(=O)NCCCCCC(=O)O. The van der Waals surface area contributed by atoms with Crippen molar-refractivity contribution in [3.63, 3.8) is 0 Å². The minimum absolute atomic E-state index is 0.0616. The molecule has 0 heterocycles. The number of benzene rings is 1. The lowest BCUT2D eigenvalue weighted by Gasteiger charge is -2.07. The summed E-state index contributed by atoms with van der Waals surface area (Å²) in [6, 6.07) is 8.09. The molecule has 0 atom stereocenters. The third-order valence-electron chi connectivity index (χ3n) is 3.27. The van der Waals surface area contributed by atoms with Crippen molar-refractivity contribution in [2.75, 3.05) is 6.54 Å². The van der Waals surface area contributed by atoms with Gasteiger partial charge in [-0.25, -0.2) is 0 Å². The zero-order chi connectivity index (χ0) is 14.8. The molecule has 0 aliphatic rings. The highest BCUT2D eigenvalue weighted by Crippen LogP contribution is 2.09. The molecule has 0 radical (unpaired) electrons. The molecule has 0 unspecified atom stereocenters. The summed E-state index contributed by atoms with van der Waals surface area (Å²) in [5.74, 6) is -0.696. The fraction of sp³-hybridized carbons (Fsp3) is 0.500. The maximum Gasteiger partial charge on any atom is 0.303 e. The first-order valence-corrected chi connectivity index (χ1v) is 7.12. The van der Waals surface area contributed by atoms with E-state index in [1.165, 1.54) is 11.1 Å². The van der Waals surface area contributed by atoms with Crippen molar-refractivity contribution in [1.82, 2.24) is 5.32 Å². The number of amides is 1. The summed E-state index contributed by atoms with van der Waals surface area (Å²) in [7, 11) is 0. The summed E-state index contributed by atoms with van der Waals surface area (Å²) in [5.41, 5.74) is 2.43. The molecule has 1 aromatic carbocycles. The zero-order valence-electron chi connectivity index (χ0n) is 12.0. The summed E-state index contributed by atoms with van der Waals surface area (Å²) < 4.78 is 0. The van der Waals surface area contributed by atoms with Gasteiger partial charge in [-0.15, -0.1) is 0 Å². The van der Waals surface area contributed by atoms with Gasteiger partial charge in [0.1, 0.15) is 0 Å². The molecule has 1 rings (SSSR count). The highest BCUT2D eigenvalue weighted by Gasteiger charge is 2.03. The molecule has 1 aromatic rings. The van der Waals surface area contributed by atoms with Crippen molar-refractivity contribution in [1.29, 1.82) is 0 Å². The third-order valence-corrected chi connectivity index (χ3v) is 3.27. The van der Waals surface area contributed by atoms with Gasteiger partial charge in [-0.3, -0.25) is 9.59 Å². The van der Waals surface area contributed by atoms with Crippen LogP contribution in [0.2, 0.25) is 0 Å². The van der Waals surface area contributed by atoms with E-state index in [0.29, 0.717) is 19.4 Å². The average molecular weight is 277 g/mol. The number of carbonyl (C=O) groups is 2. The van der Waals surface area contributed by atoms with Crippen LogP contribution in [0.25, 0.3) is 0 Å². The van der Waals surface area contributed by atoms with E-state index in [1.54, 1.807) is 0 Å². The van der Waals surface area contributed by atoms with E-state index >= 15 is 0 Å². The lowest BCUT2D eigenvalue weighted by atomic mass is 10.0. The molecule has 2 N–H and O–H groups in total. The highest BCUT2D eigenvalue weighted by atomic mass is 16.4. The number of nitrogens with one attached hydrogen (secondary N) is 1. The van der Waals surface area contributed by atoms with Gasteiger partial charge in [0.25, 0.3) is 0 Å². The number of aryl methyl sites for hydroxylation is 2. The standard InChI is InChI=1S/C16H23NO3/c1-13-7-4-5-8-14(13)10-11-15(18)17-12-6-2-3-9-16(19)20/h4-5,7-8H,2-3,6,9-12H2,1H3,(H,17,18)(H,19,20). The average Bonchev–Trinajstić information content (AvgIpc) is 2.41. The summed E-state index contributed by atoms with van der Waals surface area (Å²) in [5, 5.41) is 11.4. The van der Waals surface area contributed by atoms with E-state index in [0.717, 1.165) is 19.3 Å². The molecule has 0 fully saturated rings. The lowest BCUT2D eigenvalue weighted by Crippen LogP contribution is -2.24. The Balaban J connectivity index is 2.09. The van der Waals surface area contributed by atoms with Crippen LogP contribution in [0.4, 0.5) is 0 Å². The van der Waals surface area contributed by atoms with Crippen LogP contribution in [0.5, 0.6) is 0 Å². The van der Waals surface area contributed by atoms with Crippen LogP contribution in [0.3, 0.4) is 0 Å². The predicted molar refractivity (Wildman–Crippen MR) is 78.6 cm³/mol. The molecule has 0 aromatic heterocycles. The summed E-state index contributed by atoms with van der Waals surface area (Å²) >= 11 is 0. The van der Waals surface area contributed by atoms with Gasteiger partial charge in [0, 0.05) is 19.4 Å². The number of carbonyl (C=O) groups excluding carboxylic acids is 1. The van der Waals surface area contributed by atoms with Crippen molar-refractivity contribution in [2.45, 2.75) is 45.4 Å². The molecule has 0 aliphatic heterocycles. The maximum absolute atomic E-state index is 11.7. The van der Waals surface area contributed by atoms with Crippen LogP contribution in [0.1, 0.15) is 43.2 Å². The Morgan fingerprint density at radius 2 is 1.85 bits per heavy atom. The van der Waals surface area contributed by atoms with Crippen LogP contribution < -0.4 is 5.32 Å². The van der Waals surface area contributed by atoms with Crippen molar-refractivity contribution >= 4 is 11.9 Å². The second-order valence-corrected chi connectivity index (χ2v) is 4.98. The van der Waals surface area contributed by atoms with Gasteiger partial charge >= 0.3 is 5.97 Å². The van der Waals surface area contributed by atoms with Crippen molar-refractivity contribution in [3.8, 4) is 0 Å². The molecule has 0 saturated heterocycles. The van der Waals surface area contributed by atoms with E-state index in [1.807, 2.05) is 12.1 Å². The van der Waals surface area contributed by atoms with Gasteiger partial charge in [-0.05, 0) is 37.3 Å². The summed E-state index contributed by atoms with van der Waals surface area (Å²) in [4.78, 5) is 22.0. The van der Waals surface area contributed by atoms with Crippen LogP contribution in [0, 0.1) is 6.92 Å². The molecule has 1 amide bonds. The largest absolute Gasteiger partial charge is 0.481 e. The second-order valence-electron chi connectivity index (χ2n) is 4.98. The van der Waals surface area contributed by atoms with E-state index in [4.69, 9.17) is 5.11 Å². The normalized spacial score (nSPS) is 10.2. The Bertz CT molecular complexity index is 443. The second kappa shape index (κ2) is 9.13. The molecule has 4 heteroatoms. The zero-order valence-corrected chi connectivity index (χ0v) is 12.0. The number of carboxylic acid groups (broad SMARTS) is 1. The first kappa shape index (κ1) is 16.2. The smallest absolute Gasteiger partial charge is 0.303 e. The van der Waals surface area contributed by atoms with Crippen molar-refractivity contribution in [2.24, 2.45) is 0 Å². The number of unbranched alkanes of at least 4 members (excludes halogenated alkanes) is 2. The number of carboxylic acids is 1. The Kier molecular flexibility index (Phi) is 7.40. The summed E-state index contributed by atoms with van der Waals surface area (Å²) in [6.45, 7) is 2.68. The number of hydrogen-bond acceptors (Lipinski definition) is 2. The molecule has 110 valence electrons. The first-order valence-electron chi connectivity index (χ1n) is 7.12. The molecule has 0 bridgehead atoms. The molecular weight excluding hydrogens is 254 g/mol. The molecule has 20 heavy (non-hydrogen) atoms. The topological polar surface area (TPSA) is 66.4 Å². The van der Waals surface area contributed by atoms with Crippen molar-refractivity contribution in [3.05, 3.63) is 35.4 Å². The minimum atomic E-state index is -0.757. The van der Waals surface area contributed by atoms with Gasteiger partial charge in [0.05, 0.1) is 0 Å². The number of hydrogen-bond donors (Lipinski definition) is 2. The summed E-state index contributed by atoms with van der Waals surface area (Å²) in [6.07, 6.45) is 3.82. The number of rotatable bonds is 9. The fourth-order valence-corrected chi connectivity index (χ4v) is 2.03. The molecular formula is C16H23NO3. The van der Waals surface area contributed by atoms with Crippen LogP contribution in [-0.4, -0.2) is 23.5 Å². The molecule has 0 aliphatic carbocycles. The first-order chi connectivity index (χ1) is 9.59. The lowest BCUT2D eigenvalue weighted by molar-refractivity contribution is -0.137. The molecule has 0 spiro atoms. The quantitative estimate of drug-likeness (QED) is 0.682. The fourth-order valence-electron chi connectivity index (χ4n) is 2.03. The van der Waals surface area contributed by atoms with Gasteiger partial charge in [0.2, 0.25) is 5.91 Å². The predicted octanol–water partition coefficient (Wildman–Crippen LogP) is 2.69.